The average molecular weight is 289 g/mol. The van der Waals surface area contributed by atoms with Gasteiger partial charge in [0.05, 0.1) is 11.9 Å². The minimum atomic E-state index is -0.348. The molecule has 1 amide bonds. The second kappa shape index (κ2) is 5.35. The molecule has 0 saturated heterocycles. The summed E-state index contributed by atoms with van der Waals surface area (Å²) in [6, 6.07) is 0.159. The molecule has 6 nitrogen and oxygen atoms in total. The number of amides is 1. The Hall–Kier alpha value is -2.11. The van der Waals surface area contributed by atoms with Crippen LogP contribution in [0.4, 0.5) is 0 Å². The van der Waals surface area contributed by atoms with E-state index in [2.05, 4.69) is 22.2 Å². The summed E-state index contributed by atoms with van der Waals surface area (Å²) in [4.78, 5) is 30.9. The maximum atomic E-state index is 12.6. The summed E-state index contributed by atoms with van der Waals surface area (Å²) in [5.74, 6) is 0.635. The van der Waals surface area contributed by atoms with Gasteiger partial charge in [0.2, 0.25) is 5.71 Å². The van der Waals surface area contributed by atoms with Crippen molar-refractivity contribution < 1.29 is 9.21 Å². The first kappa shape index (κ1) is 13.9. The number of H-pyrrole nitrogens is 1. The van der Waals surface area contributed by atoms with Crippen molar-refractivity contribution in [2.75, 3.05) is 0 Å². The van der Waals surface area contributed by atoms with Crippen LogP contribution >= 0.6 is 0 Å². The summed E-state index contributed by atoms with van der Waals surface area (Å²) >= 11 is 0. The monoisotopic (exact) mass is 289 g/mol. The molecule has 0 aliphatic heterocycles. The Morgan fingerprint density at radius 3 is 2.95 bits per heavy atom. The molecule has 2 aromatic rings. The summed E-state index contributed by atoms with van der Waals surface area (Å²) in [5.41, 5.74) is 0.161. The highest BCUT2D eigenvalue weighted by atomic mass is 16.3. The predicted octanol–water partition coefficient (Wildman–Crippen LogP) is 2.13. The number of carbonyl (C=O) groups excluding carboxylic acids is 1. The SMILES string of the molecule is Cc1oc2nc[nH]c(=O)c2c1C(=O)NC1CCCCC1C. The van der Waals surface area contributed by atoms with Crippen molar-refractivity contribution in [2.45, 2.75) is 45.6 Å². The first-order chi connectivity index (χ1) is 10.1. The third-order valence-corrected chi connectivity index (χ3v) is 4.33. The zero-order chi connectivity index (χ0) is 15.0. The van der Waals surface area contributed by atoms with E-state index in [-0.39, 0.29) is 28.6 Å². The Labute approximate surface area is 121 Å². The Kier molecular flexibility index (Phi) is 3.53. The molecule has 2 unspecified atom stereocenters. The second-order valence-electron chi connectivity index (χ2n) is 5.79. The third kappa shape index (κ3) is 2.46. The minimum Gasteiger partial charge on any atom is -0.442 e. The van der Waals surface area contributed by atoms with E-state index in [0.717, 1.165) is 19.3 Å². The van der Waals surface area contributed by atoms with Crippen LogP contribution in [0.1, 0.15) is 48.7 Å². The molecule has 0 radical (unpaired) electrons. The second-order valence-corrected chi connectivity index (χ2v) is 5.79. The molecule has 112 valence electrons. The highest BCUT2D eigenvalue weighted by Crippen LogP contribution is 2.25. The largest absolute Gasteiger partial charge is 0.442 e. The van der Waals surface area contributed by atoms with Gasteiger partial charge in [0.15, 0.2) is 0 Å². The number of furan rings is 1. The normalized spacial score (nSPS) is 22.4. The number of aromatic amines is 1. The lowest BCUT2D eigenvalue weighted by Gasteiger charge is -2.29. The zero-order valence-corrected chi connectivity index (χ0v) is 12.2. The molecule has 6 heteroatoms. The van der Waals surface area contributed by atoms with Crippen molar-refractivity contribution in [2.24, 2.45) is 5.92 Å². The summed E-state index contributed by atoms with van der Waals surface area (Å²) < 4.78 is 5.43. The maximum Gasteiger partial charge on any atom is 0.262 e. The summed E-state index contributed by atoms with van der Waals surface area (Å²) in [7, 11) is 0. The number of hydrogen-bond donors (Lipinski definition) is 2. The van der Waals surface area contributed by atoms with Crippen molar-refractivity contribution in [3.63, 3.8) is 0 Å². The number of carbonyl (C=O) groups is 1. The maximum absolute atomic E-state index is 12.6. The molecule has 21 heavy (non-hydrogen) atoms. The van der Waals surface area contributed by atoms with Gasteiger partial charge in [-0.25, -0.2) is 4.98 Å². The van der Waals surface area contributed by atoms with Crippen molar-refractivity contribution in [1.82, 2.24) is 15.3 Å². The summed E-state index contributed by atoms with van der Waals surface area (Å²) in [6.45, 7) is 3.83. The molecule has 2 aromatic heterocycles. The van der Waals surface area contributed by atoms with E-state index in [0.29, 0.717) is 17.2 Å². The van der Waals surface area contributed by atoms with E-state index in [9.17, 15) is 9.59 Å². The zero-order valence-electron chi connectivity index (χ0n) is 12.2. The van der Waals surface area contributed by atoms with Crippen LogP contribution in [-0.2, 0) is 0 Å². The fourth-order valence-electron chi connectivity index (χ4n) is 3.10. The van der Waals surface area contributed by atoms with E-state index in [1.54, 1.807) is 6.92 Å². The van der Waals surface area contributed by atoms with Crippen molar-refractivity contribution in [3.8, 4) is 0 Å². The number of nitrogens with zero attached hydrogens (tertiary/aromatic N) is 1. The predicted molar refractivity (Wildman–Crippen MR) is 78.3 cm³/mol. The first-order valence-electron chi connectivity index (χ1n) is 7.35. The van der Waals surface area contributed by atoms with Crippen LogP contribution < -0.4 is 10.9 Å². The lowest BCUT2D eigenvalue weighted by Crippen LogP contribution is -2.41. The standard InChI is InChI=1S/C15H19N3O3/c1-8-5-3-4-6-10(8)18-14(20)11-9(2)21-15-12(11)13(19)16-7-17-15/h7-8,10H,3-6H2,1-2H3,(H,18,20)(H,16,17,19). The molecule has 0 spiro atoms. The molecule has 2 heterocycles. The first-order valence-corrected chi connectivity index (χ1v) is 7.35. The number of fused-ring (bicyclic) bond motifs is 1. The summed E-state index contributed by atoms with van der Waals surface area (Å²) in [5, 5.41) is 3.28. The topological polar surface area (TPSA) is 88.0 Å². The van der Waals surface area contributed by atoms with Crippen LogP contribution in [-0.4, -0.2) is 21.9 Å². The summed E-state index contributed by atoms with van der Waals surface area (Å²) in [6.07, 6.45) is 5.72. The fourth-order valence-corrected chi connectivity index (χ4v) is 3.10. The van der Waals surface area contributed by atoms with Gasteiger partial charge < -0.3 is 14.7 Å². The highest BCUT2D eigenvalue weighted by Gasteiger charge is 2.27. The van der Waals surface area contributed by atoms with Gasteiger partial charge in [-0.05, 0) is 25.7 Å². The van der Waals surface area contributed by atoms with E-state index in [1.807, 2.05) is 0 Å². The molecular weight excluding hydrogens is 270 g/mol. The quantitative estimate of drug-likeness (QED) is 0.886. The van der Waals surface area contributed by atoms with Gasteiger partial charge in [-0.3, -0.25) is 9.59 Å². The molecule has 2 N–H and O–H groups in total. The van der Waals surface area contributed by atoms with Crippen LogP contribution in [0.2, 0.25) is 0 Å². The van der Waals surface area contributed by atoms with E-state index in [4.69, 9.17) is 4.42 Å². The van der Waals surface area contributed by atoms with Gasteiger partial charge >= 0.3 is 0 Å². The molecule has 2 atom stereocenters. The molecule has 1 saturated carbocycles. The van der Waals surface area contributed by atoms with E-state index in [1.165, 1.54) is 12.7 Å². The number of aryl methyl sites for hydroxylation is 1. The van der Waals surface area contributed by atoms with Crippen molar-refractivity contribution >= 4 is 17.0 Å². The number of rotatable bonds is 2. The Morgan fingerprint density at radius 1 is 1.43 bits per heavy atom. The lowest BCUT2D eigenvalue weighted by atomic mass is 9.86. The number of aromatic nitrogens is 2. The van der Waals surface area contributed by atoms with Gasteiger partial charge in [-0.2, -0.15) is 0 Å². The molecular formula is C15H19N3O3. The fraction of sp³-hybridized carbons (Fsp3) is 0.533. The van der Waals surface area contributed by atoms with Crippen molar-refractivity contribution in [1.29, 1.82) is 0 Å². The molecule has 1 aliphatic rings. The van der Waals surface area contributed by atoms with Gasteiger partial charge in [-0.1, -0.05) is 19.8 Å². The number of hydrogen-bond acceptors (Lipinski definition) is 4. The van der Waals surface area contributed by atoms with E-state index < -0.39 is 0 Å². The van der Waals surface area contributed by atoms with Crippen LogP contribution in [0.3, 0.4) is 0 Å². The smallest absolute Gasteiger partial charge is 0.262 e. The third-order valence-electron chi connectivity index (χ3n) is 4.33. The van der Waals surface area contributed by atoms with Gasteiger partial charge in [0.1, 0.15) is 11.1 Å². The molecule has 0 bridgehead atoms. The van der Waals surface area contributed by atoms with Gasteiger partial charge in [-0.15, -0.1) is 0 Å². The van der Waals surface area contributed by atoms with Crippen LogP contribution in [0.25, 0.3) is 11.1 Å². The average Bonchev–Trinajstić information content (AvgIpc) is 2.79. The van der Waals surface area contributed by atoms with E-state index >= 15 is 0 Å². The minimum absolute atomic E-state index is 0.159. The molecule has 1 fully saturated rings. The van der Waals surface area contributed by atoms with Crippen molar-refractivity contribution in [3.05, 3.63) is 28.0 Å². The Bertz CT molecular complexity index is 731. The number of nitrogens with one attached hydrogen (secondary N) is 2. The molecule has 0 aromatic carbocycles. The molecule has 1 aliphatic carbocycles. The Balaban J connectivity index is 1.94. The highest BCUT2D eigenvalue weighted by molar-refractivity contribution is 6.06. The lowest BCUT2D eigenvalue weighted by molar-refractivity contribution is 0.0910. The Morgan fingerprint density at radius 2 is 2.19 bits per heavy atom. The van der Waals surface area contributed by atoms with Crippen LogP contribution in [0.15, 0.2) is 15.5 Å². The van der Waals surface area contributed by atoms with Crippen LogP contribution in [0.5, 0.6) is 0 Å². The molecule has 3 rings (SSSR count). The van der Waals surface area contributed by atoms with Gasteiger partial charge in [0, 0.05) is 6.04 Å². The van der Waals surface area contributed by atoms with Gasteiger partial charge in [0.25, 0.3) is 11.5 Å². The van der Waals surface area contributed by atoms with Crippen LogP contribution in [0, 0.1) is 12.8 Å².